The van der Waals surface area contributed by atoms with Crippen molar-refractivity contribution in [1.29, 1.82) is 0 Å². The molecule has 0 aromatic heterocycles. The summed E-state index contributed by atoms with van der Waals surface area (Å²) < 4.78 is 45.9. The molecule has 180 valence electrons. The highest BCUT2D eigenvalue weighted by molar-refractivity contribution is 5.74. The number of aliphatic hydroxyl groups excluding tert-OH is 2. The van der Waals surface area contributed by atoms with E-state index in [1.54, 1.807) is 6.08 Å². The van der Waals surface area contributed by atoms with Gasteiger partial charge < -0.3 is 20.3 Å². The Morgan fingerprint density at radius 1 is 1.21 bits per heavy atom. The van der Waals surface area contributed by atoms with E-state index in [0.29, 0.717) is 37.2 Å². The van der Waals surface area contributed by atoms with Gasteiger partial charge in [0.25, 0.3) is 0 Å². The van der Waals surface area contributed by atoms with Crippen LogP contribution in [0.1, 0.15) is 63.5 Å². The Morgan fingerprint density at radius 3 is 2.67 bits per heavy atom. The van der Waals surface area contributed by atoms with Gasteiger partial charge in [-0.05, 0) is 73.8 Å². The van der Waals surface area contributed by atoms with Gasteiger partial charge in [-0.1, -0.05) is 32.1 Å². The first kappa shape index (κ1) is 23.9. The van der Waals surface area contributed by atoms with Gasteiger partial charge in [-0.2, -0.15) is 13.2 Å². The van der Waals surface area contributed by atoms with Crippen LogP contribution in [0.3, 0.4) is 0 Å². The van der Waals surface area contributed by atoms with Crippen LogP contribution < -0.4 is 10.1 Å². The quantitative estimate of drug-likeness (QED) is 0.500. The summed E-state index contributed by atoms with van der Waals surface area (Å²) in [6.07, 6.45) is 6.30. The zero-order chi connectivity index (χ0) is 23.8. The number of rotatable bonds is 5. The van der Waals surface area contributed by atoms with Crippen LogP contribution in [0.25, 0.3) is 5.57 Å². The van der Waals surface area contributed by atoms with Gasteiger partial charge in [0.15, 0.2) is 0 Å². The highest BCUT2D eigenvalue weighted by Gasteiger charge is 2.38. The molecule has 1 heterocycles. The molecule has 1 saturated carbocycles. The molecule has 1 aliphatic heterocycles. The molecular weight excluding hydrogens is 431 g/mol. The van der Waals surface area contributed by atoms with Gasteiger partial charge in [0.05, 0.1) is 11.7 Å². The first-order valence-electron chi connectivity index (χ1n) is 11.8. The van der Waals surface area contributed by atoms with Crippen LogP contribution in [0.2, 0.25) is 0 Å². The Kier molecular flexibility index (Phi) is 6.65. The maximum atomic E-state index is 13.3. The Morgan fingerprint density at radius 2 is 1.97 bits per heavy atom. The number of alkyl halides is 3. The maximum Gasteiger partial charge on any atom is 0.416 e. The van der Waals surface area contributed by atoms with E-state index in [1.165, 1.54) is 6.07 Å². The fraction of sp³-hybridized carbons (Fsp3) is 0.538. The fourth-order valence-electron chi connectivity index (χ4n) is 5.20. The van der Waals surface area contributed by atoms with E-state index in [1.807, 2.05) is 19.9 Å². The van der Waals surface area contributed by atoms with Gasteiger partial charge in [0, 0.05) is 17.7 Å². The lowest BCUT2D eigenvalue weighted by molar-refractivity contribution is -0.137. The van der Waals surface area contributed by atoms with E-state index in [-0.39, 0.29) is 17.8 Å². The number of allylic oxidation sites excluding steroid dienone is 3. The molecule has 4 atom stereocenters. The Labute approximate surface area is 192 Å². The second-order valence-electron chi connectivity index (χ2n) is 9.43. The Balaban J connectivity index is 1.59. The number of fused-ring (bicyclic) bond motifs is 2. The Hall–Kier alpha value is -2.25. The smallest absolute Gasteiger partial charge is 0.416 e. The van der Waals surface area contributed by atoms with Crippen molar-refractivity contribution >= 4 is 5.57 Å². The summed E-state index contributed by atoms with van der Waals surface area (Å²) in [6.45, 7) is 3.92. The van der Waals surface area contributed by atoms with Crippen LogP contribution in [0.15, 0.2) is 48.2 Å². The van der Waals surface area contributed by atoms with Gasteiger partial charge in [-0.15, -0.1) is 0 Å². The first-order valence-corrected chi connectivity index (χ1v) is 11.8. The van der Waals surface area contributed by atoms with Crippen LogP contribution >= 0.6 is 0 Å². The third kappa shape index (κ3) is 5.14. The van der Waals surface area contributed by atoms with E-state index >= 15 is 0 Å². The van der Waals surface area contributed by atoms with E-state index in [9.17, 15) is 23.4 Å². The molecule has 4 rings (SSSR count). The molecule has 1 fully saturated rings. The SMILES string of the molecule is CCC1(CC)C/C(=C\C(O)NC2=CC3CC(O)CCC3C=C2)c2ccc(C(F)(F)F)cc2O1. The second-order valence-corrected chi connectivity index (χ2v) is 9.43. The average Bonchev–Trinajstić information content (AvgIpc) is 2.77. The number of ether oxygens (including phenoxy) is 1. The topological polar surface area (TPSA) is 61.7 Å². The number of benzene rings is 1. The summed E-state index contributed by atoms with van der Waals surface area (Å²) in [5, 5.41) is 23.9. The standard InChI is InChI=1S/C26H32F3NO3/c1-3-25(4-2)15-18(22-10-7-19(26(27,28)29)14-23(22)33-25)13-24(32)30-20-8-5-16-6-9-21(31)12-17(16)11-20/h5,7-8,10-11,13-14,16-17,21,24,30-32H,3-4,6,9,12,15H2,1-2H3/b18-13+. The molecule has 0 radical (unpaired) electrons. The van der Waals surface area contributed by atoms with Crippen LogP contribution in [-0.4, -0.2) is 28.1 Å². The summed E-state index contributed by atoms with van der Waals surface area (Å²) in [7, 11) is 0. The minimum absolute atomic E-state index is 0.203. The molecule has 7 heteroatoms. The molecule has 3 N–H and O–H groups in total. The minimum Gasteiger partial charge on any atom is -0.486 e. The van der Waals surface area contributed by atoms with Crippen molar-refractivity contribution in [2.75, 3.05) is 0 Å². The number of aliphatic hydroxyl groups is 2. The number of hydrogen-bond acceptors (Lipinski definition) is 4. The molecule has 4 nitrogen and oxygen atoms in total. The van der Waals surface area contributed by atoms with Crippen LogP contribution in [0, 0.1) is 11.8 Å². The molecule has 1 aromatic rings. The first-order chi connectivity index (χ1) is 15.6. The number of nitrogens with one attached hydrogen (secondary N) is 1. The van der Waals surface area contributed by atoms with Crippen molar-refractivity contribution in [3.05, 3.63) is 59.3 Å². The van der Waals surface area contributed by atoms with E-state index < -0.39 is 23.6 Å². The monoisotopic (exact) mass is 463 g/mol. The van der Waals surface area contributed by atoms with Gasteiger partial charge in [0.1, 0.15) is 17.6 Å². The number of hydrogen-bond donors (Lipinski definition) is 3. The summed E-state index contributed by atoms with van der Waals surface area (Å²) in [5.41, 5.74) is 0.763. The molecule has 33 heavy (non-hydrogen) atoms. The molecule has 3 aliphatic rings. The highest BCUT2D eigenvalue weighted by atomic mass is 19.4. The summed E-state index contributed by atoms with van der Waals surface area (Å²) in [6, 6.07) is 3.55. The second kappa shape index (κ2) is 9.18. The lowest BCUT2D eigenvalue weighted by Crippen LogP contribution is -2.38. The predicted molar refractivity (Wildman–Crippen MR) is 121 cm³/mol. The molecule has 4 unspecified atom stereocenters. The molecule has 0 spiro atoms. The maximum absolute atomic E-state index is 13.3. The van der Waals surface area contributed by atoms with Crippen LogP contribution in [0.4, 0.5) is 13.2 Å². The van der Waals surface area contributed by atoms with Gasteiger partial charge >= 0.3 is 6.18 Å². The lowest BCUT2D eigenvalue weighted by atomic mass is 9.75. The van der Waals surface area contributed by atoms with Crippen LogP contribution in [0.5, 0.6) is 5.75 Å². The van der Waals surface area contributed by atoms with Crippen molar-refractivity contribution in [2.45, 2.75) is 76.5 Å². The van der Waals surface area contributed by atoms with Crippen molar-refractivity contribution in [2.24, 2.45) is 11.8 Å². The van der Waals surface area contributed by atoms with Crippen LogP contribution in [-0.2, 0) is 6.18 Å². The molecule has 0 bridgehead atoms. The molecule has 0 saturated heterocycles. The Bertz CT molecular complexity index is 962. The molecule has 0 amide bonds. The zero-order valence-electron chi connectivity index (χ0n) is 19.0. The average molecular weight is 464 g/mol. The van der Waals surface area contributed by atoms with Gasteiger partial charge in [-0.25, -0.2) is 0 Å². The fourth-order valence-corrected chi connectivity index (χ4v) is 5.20. The van der Waals surface area contributed by atoms with E-state index in [0.717, 1.165) is 36.2 Å². The largest absolute Gasteiger partial charge is 0.486 e. The van der Waals surface area contributed by atoms with Gasteiger partial charge in [0.2, 0.25) is 0 Å². The summed E-state index contributed by atoms with van der Waals surface area (Å²) >= 11 is 0. The van der Waals surface area contributed by atoms with Crippen molar-refractivity contribution in [1.82, 2.24) is 5.32 Å². The number of halogens is 3. The molecule has 2 aliphatic carbocycles. The predicted octanol–water partition coefficient (Wildman–Crippen LogP) is 5.57. The zero-order valence-corrected chi connectivity index (χ0v) is 19.0. The lowest BCUT2D eigenvalue weighted by Gasteiger charge is -2.39. The summed E-state index contributed by atoms with van der Waals surface area (Å²) in [5.74, 6) is 0.849. The molecular formula is C26H32F3NO3. The van der Waals surface area contributed by atoms with E-state index in [2.05, 4.69) is 17.5 Å². The van der Waals surface area contributed by atoms with E-state index in [4.69, 9.17) is 4.74 Å². The van der Waals surface area contributed by atoms with Crippen molar-refractivity contribution in [3.8, 4) is 5.75 Å². The minimum atomic E-state index is -4.45. The third-order valence-corrected chi connectivity index (χ3v) is 7.30. The van der Waals surface area contributed by atoms with Gasteiger partial charge in [-0.3, -0.25) is 0 Å². The summed E-state index contributed by atoms with van der Waals surface area (Å²) in [4.78, 5) is 0. The van der Waals surface area contributed by atoms with Crippen molar-refractivity contribution in [3.63, 3.8) is 0 Å². The molecule has 1 aromatic carbocycles. The normalized spacial score (nSPS) is 28.4. The third-order valence-electron chi connectivity index (χ3n) is 7.30. The van der Waals surface area contributed by atoms with Crippen molar-refractivity contribution < 1.29 is 28.1 Å². The highest BCUT2D eigenvalue weighted by Crippen LogP contribution is 2.45.